The number of thiazole rings is 1. The molecule has 0 fully saturated rings. The van der Waals surface area contributed by atoms with Crippen molar-refractivity contribution in [2.24, 2.45) is 0 Å². The summed E-state index contributed by atoms with van der Waals surface area (Å²) in [6, 6.07) is 4.47. The van der Waals surface area contributed by atoms with Crippen LogP contribution in [0.4, 0.5) is 4.39 Å². The molecule has 0 spiro atoms. The second-order valence-electron chi connectivity index (χ2n) is 3.48. The Balaban J connectivity index is 2.40. The maximum absolute atomic E-state index is 13.0. The number of rotatable bonds is 2. The Morgan fingerprint density at radius 1 is 1.47 bits per heavy atom. The average molecular weight is 251 g/mol. The molecule has 17 heavy (non-hydrogen) atoms. The minimum atomic E-state index is -0.409. The van der Waals surface area contributed by atoms with Gasteiger partial charge in [0.15, 0.2) is 0 Å². The van der Waals surface area contributed by atoms with E-state index in [0.29, 0.717) is 9.88 Å². The zero-order valence-corrected chi connectivity index (χ0v) is 10.2. The second-order valence-corrected chi connectivity index (χ2v) is 4.51. The van der Waals surface area contributed by atoms with Crippen LogP contribution in [-0.4, -0.2) is 18.1 Å². The Morgan fingerprint density at radius 2 is 2.24 bits per heavy atom. The molecule has 0 saturated carbocycles. The van der Waals surface area contributed by atoms with E-state index in [1.807, 2.05) is 0 Å². The monoisotopic (exact) mass is 251 g/mol. The fourth-order valence-corrected chi connectivity index (χ4v) is 2.39. The van der Waals surface area contributed by atoms with Gasteiger partial charge in [0.25, 0.3) is 0 Å². The van der Waals surface area contributed by atoms with E-state index < -0.39 is 5.97 Å². The molecular weight excluding hydrogens is 241 g/mol. The van der Waals surface area contributed by atoms with Crippen molar-refractivity contribution in [2.75, 3.05) is 7.11 Å². The molecule has 0 aliphatic carbocycles. The molecule has 0 aliphatic heterocycles. The smallest absolute Gasteiger partial charge is 0.349 e. The van der Waals surface area contributed by atoms with E-state index >= 15 is 0 Å². The molecule has 0 N–H and O–H groups in total. The van der Waals surface area contributed by atoms with Gasteiger partial charge in [0, 0.05) is 5.56 Å². The molecule has 1 aromatic heterocycles. The van der Waals surface area contributed by atoms with Crippen molar-refractivity contribution in [3.8, 4) is 10.6 Å². The molecule has 0 unspecified atom stereocenters. The fraction of sp³-hybridized carbons (Fsp3) is 0.167. The summed E-state index contributed by atoms with van der Waals surface area (Å²) in [7, 11) is 1.32. The minimum absolute atomic E-state index is 0.281. The Bertz CT molecular complexity index is 565. The number of methoxy groups -OCH3 is 1. The lowest BCUT2D eigenvalue weighted by atomic mass is 10.1. The predicted octanol–water partition coefficient (Wildman–Crippen LogP) is 3.04. The standard InChI is InChI=1S/C12H10FNO2S/c1-7-5-8(13)3-4-9(7)11-14-6-10(17-11)12(15)16-2/h3-6H,1-2H3. The first kappa shape index (κ1) is 11.7. The third-order valence-electron chi connectivity index (χ3n) is 2.31. The SMILES string of the molecule is COC(=O)c1cnc(-c2ccc(F)cc2C)s1. The molecule has 1 aromatic carbocycles. The number of carbonyl (C=O) groups excluding carboxylic acids is 1. The first-order chi connectivity index (χ1) is 8.11. The van der Waals surface area contributed by atoms with Gasteiger partial charge in [0.1, 0.15) is 15.7 Å². The maximum atomic E-state index is 13.0. The van der Waals surface area contributed by atoms with Crippen molar-refractivity contribution in [3.05, 3.63) is 40.7 Å². The second kappa shape index (κ2) is 4.63. The summed E-state index contributed by atoms with van der Waals surface area (Å²) < 4.78 is 17.6. The molecule has 0 saturated heterocycles. The van der Waals surface area contributed by atoms with Crippen LogP contribution in [0.3, 0.4) is 0 Å². The first-order valence-electron chi connectivity index (χ1n) is 4.92. The van der Waals surface area contributed by atoms with Gasteiger partial charge in [-0.15, -0.1) is 11.3 Å². The Labute approximate surface area is 102 Å². The highest BCUT2D eigenvalue weighted by molar-refractivity contribution is 7.16. The lowest BCUT2D eigenvalue weighted by Gasteiger charge is -2.01. The summed E-state index contributed by atoms with van der Waals surface area (Å²) in [5.74, 6) is -0.690. The van der Waals surface area contributed by atoms with E-state index in [1.165, 1.54) is 36.8 Å². The van der Waals surface area contributed by atoms with Gasteiger partial charge in [-0.2, -0.15) is 0 Å². The molecule has 0 atom stereocenters. The third kappa shape index (κ3) is 2.34. The number of benzene rings is 1. The quantitative estimate of drug-likeness (QED) is 0.770. The number of nitrogens with zero attached hydrogens (tertiary/aromatic N) is 1. The van der Waals surface area contributed by atoms with Gasteiger partial charge in [0.05, 0.1) is 13.3 Å². The summed E-state index contributed by atoms with van der Waals surface area (Å²) in [5, 5.41) is 0.683. The van der Waals surface area contributed by atoms with E-state index in [-0.39, 0.29) is 5.82 Å². The highest BCUT2D eigenvalue weighted by Crippen LogP contribution is 2.28. The Hall–Kier alpha value is -1.75. The number of hydrogen-bond donors (Lipinski definition) is 0. The predicted molar refractivity (Wildman–Crippen MR) is 63.6 cm³/mol. The number of esters is 1. The van der Waals surface area contributed by atoms with Crippen LogP contribution < -0.4 is 0 Å². The highest BCUT2D eigenvalue weighted by Gasteiger charge is 2.13. The summed E-state index contributed by atoms with van der Waals surface area (Å²) >= 11 is 1.23. The summed E-state index contributed by atoms with van der Waals surface area (Å²) in [6.07, 6.45) is 1.47. The lowest BCUT2D eigenvalue weighted by Crippen LogP contribution is -1.96. The molecule has 0 radical (unpaired) electrons. The van der Waals surface area contributed by atoms with Crippen molar-refractivity contribution >= 4 is 17.3 Å². The van der Waals surface area contributed by atoms with Crippen molar-refractivity contribution in [3.63, 3.8) is 0 Å². The minimum Gasteiger partial charge on any atom is -0.465 e. The molecule has 0 bridgehead atoms. The van der Waals surface area contributed by atoms with E-state index in [4.69, 9.17) is 0 Å². The number of halogens is 1. The van der Waals surface area contributed by atoms with Crippen LogP contribution >= 0.6 is 11.3 Å². The maximum Gasteiger partial charge on any atom is 0.349 e. The molecule has 1 heterocycles. The Kier molecular flexibility index (Phi) is 3.19. The van der Waals surface area contributed by atoms with Gasteiger partial charge in [-0.25, -0.2) is 14.2 Å². The van der Waals surface area contributed by atoms with Crippen molar-refractivity contribution in [2.45, 2.75) is 6.92 Å². The normalized spacial score (nSPS) is 10.3. The molecule has 3 nitrogen and oxygen atoms in total. The van der Waals surface area contributed by atoms with Crippen molar-refractivity contribution in [1.82, 2.24) is 4.98 Å². The van der Waals surface area contributed by atoms with Gasteiger partial charge >= 0.3 is 5.97 Å². The van der Waals surface area contributed by atoms with Gasteiger partial charge in [0.2, 0.25) is 0 Å². The van der Waals surface area contributed by atoms with Crippen LogP contribution in [-0.2, 0) is 4.74 Å². The van der Waals surface area contributed by atoms with E-state index in [0.717, 1.165) is 11.1 Å². The first-order valence-corrected chi connectivity index (χ1v) is 5.74. The van der Waals surface area contributed by atoms with Crippen LogP contribution in [0, 0.1) is 12.7 Å². The summed E-state index contributed by atoms with van der Waals surface area (Å²) in [5.41, 5.74) is 1.61. The van der Waals surface area contributed by atoms with E-state index in [2.05, 4.69) is 9.72 Å². The topological polar surface area (TPSA) is 39.2 Å². The summed E-state index contributed by atoms with van der Waals surface area (Å²) in [4.78, 5) is 15.9. The summed E-state index contributed by atoms with van der Waals surface area (Å²) in [6.45, 7) is 1.80. The zero-order chi connectivity index (χ0) is 12.4. The van der Waals surface area contributed by atoms with Crippen LogP contribution in [0.2, 0.25) is 0 Å². The molecule has 0 amide bonds. The zero-order valence-electron chi connectivity index (χ0n) is 9.36. The fourth-order valence-electron chi connectivity index (χ4n) is 1.46. The van der Waals surface area contributed by atoms with Gasteiger partial charge in [-0.1, -0.05) is 0 Å². The van der Waals surface area contributed by atoms with Crippen LogP contribution in [0.1, 0.15) is 15.2 Å². The number of hydrogen-bond acceptors (Lipinski definition) is 4. The van der Waals surface area contributed by atoms with Crippen LogP contribution in [0.5, 0.6) is 0 Å². The lowest BCUT2D eigenvalue weighted by molar-refractivity contribution is 0.0606. The van der Waals surface area contributed by atoms with Gasteiger partial charge in [-0.3, -0.25) is 0 Å². The largest absolute Gasteiger partial charge is 0.465 e. The third-order valence-corrected chi connectivity index (χ3v) is 3.32. The molecule has 2 aromatic rings. The molecule has 88 valence electrons. The van der Waals surface area contributed by atoms with Gasteiger partial charge in [-0.05, 0) is 30.7 Å². The van der Waals surface area contributed by atoms with Crippen molar-refractivity contribution in [1.29, 1.82) is 0 Å². The van der Waals surface area contributed by atoms with Crippen molar-refractivity contribution < 1.29 is 13.9 Å². The average Bonchev–Trinajstić information content (AvgIpc) is 2.77. The van der Waals surface area contributed by atoms with Gasteiger partial charge < -0.3 is 4.74 Å². The molecule has 5 heteroatoms. The molecule has 0 aliphatic rings. The number of aryl methyl sites for hydroxylation is 1. The molecule has 2 rings (SSSR count). The Morgan fingerprint density at radius 3 is 2.88 bits per heavy atom. The van der Waals surface area contributed by atoms with Crippen LogP contribution in [0.25, 0.3) is 10.6 Å². The van der Waals surface area contributed by atoms with Crippen LogP contribution in [0.15, 0.2) is 24.4 Å². The molecular formula is C12H10FNO2S. The highest BCUT2D eigenvalue weighted by atomic mass is 32.1. The van der Waals surface area contributed by atoms with E-state index in [9.17, 15) is 9.18 Å². The number of aromatic nitrogens is 1. The van der Waals surface area contributed by atoms with E-state index in [1.54, 1.807) is 13.0 Å². The number of ether oxygens (including phenoxy) is 1. The number of carbonyl (C=O) groups is 1.